The molecule has 2 rings (SSSR count). The van der Waals surface area contributed by atoms with Gasteiger partial charge in [-0.25, -0.2) is 0 Å². The summed E-state index contributed by atoms with van der Waals surface area (Å²) in [6.45, 7) is 2.27. The van der Waals surface area contributed by atoms with Crippen LogP contribution in [0.2, 0.25) is 0 Å². The van der Waals surface area contributed by atoms with Crippen LogP contribution in [0.15, 0.2) is 0 Å². The Morgan fingerprint density at radius 3 is 2.50 bits per heavy atom. The van der Waals surface area contributed by atoms with Crippen LogP contribution in [0.25, 0.3) is 0 Å². The normalized spacial score (nSPS) is 45.5. The summed E-state index contributed by atoms with van der Waals surface area (Å²) in [6.07, 6.45) is 7.97. The molecular formula is C11H20O. The first-order valence-corrected chi connectivity index (χ1v) is 5.49. The van der Waals surface area contributed by atoms with E-state index in [9.17, 15) is 5.11 Å². The summed E-state index contributed by atoms with van der Waals surface area (Å²) in [5.74, 6) is 2.53. The molecule has 2 aliphatic rings. The molecule has 1 N–H and O–H groups in total. The van der Waals surface area contributed by atoms with E-state index in [-0.39, 0.29) is 6.10 Å². The molecule has 70 valence electrons. The topological polar surface area (TPSA) is 20.2 Å². The van der Waals surface area contributed by atoms with Crippen molar-refractivity contribution >= 4 is 0 Å². The number of aliphatic hydroxyl groups excluding tert-OH is 1. The fourth-order valence-corrected chi connectivity index (χ4v) is 3.18. The summed E-state index contributed by atoms with van der Waals surface area (Å²) in [5.41, 5.74) is 0. The van der Waals surface area contributed by atoms with E-state index < -0.39 is 0 Å². The van der Waals surface area contributed by atoms with Crippen LogP contribution >= 0.6 is 0 Å². The zero-order valence-corrected chi connectivity index (χ0v) is 8.00. The number of aliphatic hydroxyl groups is 1. The molecule has 0 radical (unpaired) electrons. The molecular weight excluding hydrogens is 148 g/mol. The van der Waals surface area contributed by atoms with Crippen LogP contribution in [0.1, 0.15) is 45.4 Å². The van der Waals surface area contributed by atoms with Gasteiger partial charge in [-0.2, -0.15) is 0 Å². The zero-order chi connectivity index (χ0) is 8.55. The molecule has 0 aromatic heterocycles. The van der Waals surface area contributed by atoms with Crippen LogP contribution in [0.4, 0.5) is 0 Å². The lowest BCUT2D eigenvalue weighted by atomic mass is 9.84. The van der Waals surface area contributed by atoms with E-state index in [0.29, 0.717) is 5.92 Å². The highest BCUT2D eigenvalue weighted by atomic mass is 16.3. The third kappa shape index (κ3) is 1.39. The van der Waals surface area contributed by atoms with Crippen molar-refractivity contribution in [2.75, 3.05) is 0 Å². The Hall–Kier alpha value is -0.0400. The van der Waals surface area contributed by atoms with E-state index in [4.69, 9.17) is 0 Å². The molecule has 2 saturated carbocycles. The minimum Gasteiger partial charge on any atom is -0.393 e. The van der Waals surface area contributed by atoms with E-state index in [2.05, 4.69) is 6.92 Å². The Morgan fingerprint density at radius 1 is 1.17 bits per heavy atom. The Bertz CT molecular complexity index is 153. The maximum Gasteiger partial charge on any atom is 0.0571 e. The summed E-state index contributed by atoms with van der Waals surface area (Å²) in [4.78, 5) is 0. The minimum absolute atomic E-state index is 0.0628. The monoisotopic (exact) mass is 168 g/mol. The van der Waals surface area contributed by atoms with Crippen LogP contribution in [-0.2, 0) is 0 Å². The summed E-state index contributed by atoms with van der Waals surface area (Å²) < 4.78 is 0. The molecule has 0 aromatic rings. The predicted molar refractivity (Wildman–Crippen MR) is 49.9 cm³/mol. The van der Waals surface area contributed by atoms with Gasteiger partial charge in [-0.1, -0.05) is 26.2 Å². The molecule has 12 heavy (non-hydrogen) atoms. The first kappa shape index (κ1) is 8.55. The van der Waals surface area contributed by atoms with Gasteiger partial charge in [0, 0.05) is 0 Å². The molecule has 0 aromatic carbocycles. The molecule has 0 unspecified atom stereocenters. The molecule has 2 aliphatic carbocycles. The van der Waals surface area contributed by atoms with Crippen molar-refractivity contribution < 1.29 is 5.11 Å². The van der Waals surface area contributed by atoms with Crippen LogP contribution in [0, 0.1) is 17.8 Å². The summed E-state index contributed by atoms with van der Waals surface area (Å²) >= 11 is 0. The van der Waals surface area contributed by atoms with Gasteiger partial charge in [-0.05, 0) is 37.0 Å². The lowest BCUT2D eigenvalue weighted by Crippen LogP contribution is -2.21. The third-order valence-electron chi connectivity index (χ3n) is 3.89. The van der Waals surface area contributed by atoms with E-state index >= 15 is 0 Å². The maximum atomic E-state index is 9.56. The molecule has 0 spiro atoms. The second kappa shape index (κ2) is 3.37. The average Bonchev–Trinajstić information content (AvgIpc) is 2.58. The molecule has 0 aliphatic heterocycles. The van der Waals surface area contributed by atoms with Crippen LogP contribution in [0.5, 0.6) is 0 Å². The van der Waals surface area contributed by atoms with Crippen LogP contribution < -0.4 is 0 Å². The first-order chi connectivity index (χ1) is 5.81. The number of unbranched alkanes of at least 4 members (excludes halogenated alkanes) is 1. The SMILES string of the molecule is CCCC[C@@H]1C[C@@H]2C[C@H]1C[C@@H]2O. The first-order valence-electron chi connectivity index (χ1n) is 5.49. The number of fused-ring (bicyclic) bond motifs is 2. The minimum atomic E-state index is 0.0628. The Labute approximate surface area is 75.2 Å². The van der Waals surface area contributed by atoms with E-state index in [1.807, 2.05) is 0 Å². The highest BCUT2D eigenvalue weighted by Gasteiger charge is 2.44. The molecule has 0 amide bonds. The Kier molecular flexibility index (Phi) is 2.40. The highest BCUT2D eigenvalue weighted by molar-refractivity contribution is 4.94. The molecule has 0 heterocycles. The number of rotatable bonds is 3. The largest absolute Gasteiger partial charge is 0.393 e. The standard InChI is InChI=1S/C11H20O/c1-2-3-4-8-5-10-6-9(8)7-11(10)12/h8-12H,2-7H2,1H3/t8-,9+,10-,11+/m1/s1. The fraction of sp³-hybridized carbons (Fsp3) is 1.00. The van der Waals surface area contributed by atoms with Crippen LogP contribution in [0.3, 0.4) is 0 Å². The third-order valence-corrected chi connectivity index (χ3v) is 3.89. The van der Waals surface area contributed by atoms with E-state index in [1.165, 1.54) is 32.1 Å². The van der Waals surface area contributed by atoms with E-state index in [1.54, 1.807) is 0 Å². The van der Waals surface area contributed by atoms with Crippen LogP contribution in [-0.4, -0.2) is 11.2 Å². The van der Waals surface area contributed by atoms with Gasteiger partial charge in [0.25, 0.3) is 0 Å². The van der Waals surface area contributed by atoms with Crippen molar-refractivity contribution in [1.82, 2.24) is 0 Å². The van der Waals surface area contributed by atoms with Crippen molar-refractivity contribution in [3.05, 3.63) is 0 Å². The fourth-order valence-electron chi connectivity index (χ4n) is 3.18. The Balaban J connectivity index is 1.82. The Morgan fingerprint density at radius 2 is 2.00 bits per heavy atom. The van der Waals surface area contributed by atoms with Gasteiger partial charge in [0.1, 0.15) is 0 Å². The van der Waals surface area contributed by atoms with Gasteiger partial charge < -0.3 is 5.11 Å². The molecule has 1 nitrogen and oxygen atoms in total. The summed E-state index contributed by atoms with van der Waals surface area (Å²) in [5, 5.41) is 9.56. The highest BCUT2D eigenvalue weighted by Crippen LogP contribution is 2.50. The molecule has 2 bridgehead atoms. The second-order valence-corrected chi connectivity index (χ2v) is 4.70. The summed E-state index contributed by atoms with van der Waals surface area (Å²) in [7, 11) is 0. The summed E-state index contributed by atoms with van der Waals surface area (Å²) in [6, 6.07) is 0. The van der Waals surface area contributed by atoms with Crippen molar-refractivity contribution in [1.29, 1.82) is 0 Å². The lowest BCUT2D eigenvalue weighted by Gasteiger charge is -2.24. The molecule has 1 heteroatoms. The predicted octanol–water partition coefficient (Wildman–Crippen LogP) is 2.58. The van der Waals surface area contributed by atoms with Gasteiger partial charge in [-0.3, -0.25) is 0 Å². The van der Waals surface area contributed by atoms with Gasteiger partial charge >= 0.3 is 0 Å². The molecule has 2 fully saturated rings. The smallest absolute Gasteiger partial charge is 0.0571 e. The van der Waals surface area contributed by atoms with E-state index in [0.717, 1.165) is 18.3 Å². The number of hydrogen-bond acceptors (Lipinski definition) is 1. The van der Waals surface area contributed by atoms with Gasteiger partial charge in [0.05, 0.1) is 6.10 Å². The van der Waals surface area contributed by atoms with Crippen molar-refractivity contribution in [3.8, 4) is 0 Å². The second-order valence-electron chi connectivity index (χ2n) is 4.70. The quantitative estimate of drug-likeness (QED) is 0.686. The molecule has 4 atom stereocenters. The zero-order valence-electron chi connectivity index (χ0n) is 8.00. The maximum absolute atomic E-state index is 9.56. The van der Waals surface area contributed by atoms with Gasteiger partial charge in [0.15, 0.2) is 0 Å². The van der Waals surface area contributed by atoms with Crippen molar-refractivity contribution in [2.45, 2.75) is 51.6 Å². The van der Waals surface area contributed by atoms with Gasteiger partial charge in [-0.15, -0.1) is 0 Å². The number of hydrogen-bond donors (Lipinski definition) is 1. The molecule has 0 saturated heterocycles. The average molecular weight is 168 g/mol. The van der Waals surface area contributed by atoms with Crippen molar-refractivity contribution in [3.63, 3.8) is 0 Å². The lowest BCUT2D eigenvalue weighted by molar-refractivity contribution is 0.0927. The van der Waals surface area contributed by atoms with Crippen molar-refractivity contribution in [2.24, 2.45) is 17.8 Å². The van der Waals surface area contributed by atoms with Gasteiger partial charge in [0.2, 0.25) is 0 Å².